The number of thiophene rings is 1. The summed E-state index contributed by atoms with van der Waals surface area (Å²) >= 11 is 3.09. The zero-order chi connectivity index (χ0) is 21.4. The molecule has 3 aromatic heterocycles. The molecule has 5 aromatic rings. The standard InChI is InChI=1S/C24H19N3O2S2/c1-3-27-22-19(29-2)10-6-11-21(22)31-24(27)26-23(28)16-14-18(20-12-7-13-30-20)25-17-9-5-4-8-15(16)17/h4-14H,3H2,1-2H3. The van der Waals surface area contributed by atoms with E-state index in [0.29, 0.717) is 16.9 Å². The van der Waals surface area contributed by atoms with Gasteiger partial charge in [-0.2, -0.15) is 4.99 Å². The highest BCUT2D eigenvalue weighted by Gasteiger charge is 2.16. The molecule has 0 aliphatic heterocycles. The van der Waals surface area contributed by atoms with Gasteiger partial charge in [0, 0.05) is 11.9 Å². The Morgan fingerprint density at radius 1 is 1.13 bits per heavy atom. The summed E-state index contributed by atoms with van der Waals surface area (Å²) < 4.78 is 8.60. The van der Waals surface area contributed by atoms with Crippen LogP contribution in [-0.4, -0.2) is 22.6 Å². The van der Waals surface area contributed by atoms with E-state index in [1.807, 2.05) is 77.5 Å². The summed E-state index contributed by atoms with van der Waals surface area (Å²) in [5, 5.41) is 2.81. The highest BCUT2D eigenvalue weighted by atomic mass is 32.1. The van der Waals surface area contributed by atoms with Crippen molar-refractivity contribution in [1.29, 1.82) is 0 Å². The Kier molecular flexibility index (Phi) is 5.13. The number of aryl methyl sites for hydroxylation is 1. The van der Waals surface area contributed by atoms with Crippen molar-refractivity contribution in [2.75, 3.05) is 7.11 Å². The molecule has 5 nitrogen and oxygen atoms in total. The quantitative estimate of drug-likeness (QED) is 0.354. The van der Waals surface area contributed by atoms with Gasteiger partial charge in [0.2, 0.25) is 0 Å². The monoisotopic (exact) mass is 445 g/mol. The molecule has 0 unspecified atom stereocenters. The minimum atomic E-state index is -0.274. The number of fused-ring (bicyclic) bond motifs is 2. The van der Waals surface area contributed by atoms with E-state index in [1.54, 1.807) is 18.4 Å². The number of benzene rings is 2. The molecular weight excluding hydrogens is 426 g/mol. The number of carbonyl (C=O) groups is 1. The van der Waals surface area contributed by atoms with Crippen molar-refractivity contribution in [3.63, 3.8) is 0 Å². The van der Waals surface area contributed by atoms with Crippen molar-refractivity contribution in [1.82, 2.24) is 9.55 Å². The molecule has 0 bridgehead atoms. The van der Waals surface area contributed by atoms with Crippen LogP contribution in [0.15, 0.2) is 71.0 Å². The van der Waals surface area contributed by atoms with Crippen molar-refractivity contribution in [3.8, 4) is 16.3 Å². The largest absolute Gasteiger partial charge is 0.495 e. The molecule has 0 aliphatic carbocycles. The third-order valence-corrected chi connectivity index (χ3v) is 7.05. The Hall–Kier alpha value is -3.29. The topological polar surface area (TPSA) is 56.5 Å². The molecule has 0 spiro atoms. The van der Waals surface area contributed by atoms with Gasteiger partial charge in [0.25, 0.3) is 5.91 Å². The highest BCUT2D eigenvalue weighted by Crippen LogP contribution is 2.29. The number of pyridine rings is 1. The van der Waals surface area contributed by atoms with E-state index in [-0.39, 0.29) is 5.91 Å². The van der Waals surface area contributed by atoms with Crippen LogP contribution < -0.4 is 9.54 Å². The van der Waals surface area contributed by atoms with Crippen molar-refractivity contribution in [2.45, 2.75) is 13.5 Å². The second kappa shape index (κ2) is 8.09. The molecule has 0 N–H and O–H groups in total. The summed E-state index contributed by atoms with van der Waals surface area (Å²) in [7, 11) is 1.66. The number of hydrogen-bond donors (Lipinski definition) is 0. The van der Waals surface area contributed by atoms with Gasteiger partial charge in [0.05, 0.1) is 33.5 Å². The van der Waals surface area contributed by atoms with Crippen molar-refractivity contribution >= 4 is 49.7 Å². The van der Waals surface area contributed by atoms with Crippen molar-refractivity contribution < 1.29 is 9.53 Å². The Labute approximate surface area is 186 Å². The Morgan fingerprint density at radius 3 is 2.77 bits per heavy atom. The second-order valence-corrected chi connectivity index (χ2v) is 8.86. The maximum atomic E-state index is 13.4. The third kappa shape index (κ3) is 3.45. The molecule has 3 heterocycles. The van der Waals surface area contributed by atoms with Crippen LogP contribution in [0.4, 0.5) is 0 Å². The van der Waals surface area contributed by atoms with Gasteiger partial charge in [-0.1, -0.05) is 41.7 Å². The SMILES string of the molecule is CCn1c(=NC(=O)c2cc(-c3cccs3)nc3ccccc23)sc2cccc(OC)c21. The summed E-state index contributed by atoms with van der Waals surface area (Å²) in [5.41, 5.74) is 3.09. The zero-order valence-corrected chi connectivity index (χ0v) is 18.7. The van der Waals surface area contributed by atoms with Crippen LogP contribution in [0.3, 0.4) is 0 Å². The van der Waals surface area contributed by atoms with Gasteiger partial charge in [-0.15, -0.1) is 11.3 Å². The zero-order valence-electron chi connectivity index (χ0n) is 17.0. The number of thiazole rings is 1. The van der Waals surface area contributed by atoms with E-state index < -0.39 is 0 Å². The predicted molar refractivity (Wildman–Crippen MR) is 127 cm³/mol. The van der Waals surface area contributed by atoms with E-state index in [2.05, 4.69) is 4.99 Å². The fraction of sp³-hybridized carbons (Fsp3) is 0.125. The van der Waals surface area contributed by atoms with Crippen molar-refractivity contribution in [3.05, 3.63) is 76.4 Å². The fourth-order valence-electron chi connectivity index (χ4n) is 3.69. The van der Waals surface area contributed by atoms with Crippen molar-refractivity contribution in [2.24, 2.45) is 4.99 Å². The van der Waals surface area contributed by atoms with E-state index in [0.717, 1.165) is 37.4 Å². The number of rotatable bonds is 4. The third-order valence-electron chi connectivity index (χ3n) is 5.12. The first-order valence-corrected chi connectivity index (χ1v) is 11.6. The van der Waals surface area contributed by atoms with Crippen LogP contribution in [0.25, 0.3) is 31.7 Å². The number of ether oxygens (including phenoxy) is 1. The maximum absolute atomic E-state index is 13.4. The number of nitrogens with zero attached hydrogens (tertiary/aromatic N) is 3. The van der Waals surface area contributed by atoms with Gasteiger partial charge in [-0.05, 0) is 42.6 Å². The molecule has 0 atom stereocenters. The summed E-state index contributed by atoms with van der Waals surface area (Å²) in [5.74, 6) is 0.503. The number of amides is 1. The first kappa shape index (κ1) is 19.7. The van der Waals surface area contributed by atoms with Crippen LogP contribution in [0.1, 0.15) is 17.3 Å². The lowest BCUT2D eigenvalue weighted by Gasteiger charge is -2.07. The van der Waals surface area contributed by atoms with Crippen LogP contribution in [0.5, 0.6) is 5.75 Å². The molecule has 31 heavy (non-hydrogen) atoms. The molecule has 1 amide bonds. The lowest BCUT2D eigenvalue weighted by atomic mass is 10.1. The van der Waals surface area contributed by atoms with Gasteiger partial charge in [0.1, 0.15) is 11.3 Å². The Bertz CT molecular complexity index is 1480. The van der Waals surface area contributed by atoms with Gasteiger partial charge < -0.3 is 9.30 Å². The lowest BCUT2D eigenvalue weighted by molar-refractivity contribution is 0.0999. The van der Waals surface area contributed by atoms with Crippen LogP contribution in [0.2, 0.25) is 0 Å². The predicted octanol–water partition coefficient (Wildman–Crippen LogP) is 5.75. The summed E-state index contributed by atoms with van der Waals surface area (Å²) in [6.07, 6.45) is 0. The molecular formula is C24H19N3O2S2. The summed E-state index contributed by atoms with van der Waals surface area (Å²) in [4.78, 5) is 24.4. The highest BCUT2D eigenvalue weighted by molar-refractivity contribution is 7.16. The minimum Gasteiger partial charge on any atom is -0.495 e. The van der Waals surface area contributed by atoms with E-state index in [9.17, 15) is 4.79 Å². The molecule has 2 aromatic carbocycles. The second-order valence-electron chi connectivity index (χ2n) is 6.90. The maximum Gasteiger partial charge on any atom is 0.280 e. The fourth-order valence-corrected chi connectivity index (χ4v) is 5.49. The Balaban J connectivity index is 1.72. The Morgan fingerprint density at radius 2 is 2.00 bits per heavy atom. The first-order chi connectivity index (χ1) is 15.2. The van der Waals surface area contributed by atoms with E-state index >= 15 is 0 Å². The minimum absolute atomic E-state index is 0.274. The average molecular weight is 446 g/mol. The van der Waals surface area contributed by atoms with Gasteiger partial charge in [0.15, 0.2) is 4.80 Å². The number of hydrogen-bond acceptors (Lipinski definition) is 5. The number of aromatic nitrogens is 2. The molecule has 154 valence electrons. The smallest absolute Gasteiger partial charge is 0.280 e. The van der Waals surface area contributed by atoms with Gasteiger partial charge in [-0.25, -0.2) is 4.98 Å². The van der Waals surface area contributed by atoms with Crippen LogP contribution in [0, 0.1) is 0 Å². The molecule has 0 saturated heterocycles. The van der Waals surface area contributed by atoms with Crippen LogP contribution >= 0.6 is 22.7 Å². The number of carbonyl (C=O) groups excluding carboxylic acids is 1. The molecule has 7 heteroatoms. The molecule has 0 fully saturated rings. The molecule has 5 rings (SSSR count). The summed E-state index contributed by atoms with van der Waals surface area (Å²) in [6.45, 7) is 2.73. The lowest BCUT2D eigenvalue weighted by Crippen LogP contribution is -2.16. The van der Waals surface area contributed by atoms with Crippen LogP contribution in [-0.2, 0) is 6.54 Å². The van der Waals surface area contributed by atoms with Gasteiger partial charge in [-0.3, -0.25) is 4.79 Å². The molecule has 0 saturated carbocycles. The van der Waals surface area contributed by atoms with E-state index in [4.69, 9.17) is 9.72 Å². The average Bonchev–Trinajstić information content (AvgIpc) is 3.46. The first-order valence-electron chi connectivity index (χ1n) is 9.88. The summed E-state index contributed by atoms with van der Waals surface area (Å²) in [6, 6.07) is 19.5. The molecule has 0 aliphatic rings. The normalized spacial score (nSPS) is 12.0. The number of para-hydroxylation sites is 2. The van der Waals surface area contributed by atoms with E-state index in [1.165, 1.54) is 11.3 Å². The van der Waals surface area contributed by atoms with Gasteiger partial charge >= 0.3 is 0 Å². The number of methoxy groups -OCH3 is 1. The molecule has 0 radical (unpaired) electrons.